The van der Waals surface area contributed by atoms with Crippen LogP contribution in [0.2, 0.25) is 0 Å². The van der Waals surface area contributed by atoms with Crippen molar-refractivity contribution in [2.75, 3.05) is 12.3 Å². The molecule has 5 heteroatoms. The normalized spacial score (nSPS) is 12.9. The summed E-state index contributed by atoms with van der Waals surface area (Å²) in [6.45, 7) is 5.47. The SMILES string of the molecule is CCCS(=O)(=O)N(Cc1ccccc1)CC(C)(C)O. The maximum Gasteiger partial charge on any atom is 0.214 e. The standard InChI is InChI=1S/C14H23NO3S/c1-4-10-19(17,18)15(12-14(2,3)16)11-13-8-6-5-7-9-13/h5-9,16H,4,10-12H2,1-3H3. The second kappa shape index (κ2) is 6.50. The Kier molecular flexibility index (Phi) is 5.52. The molecule has 0 spiro atoms. The summed E-state index contributed by atoms with van der Waals surface area (Å²) in [6.07, 6.45) is 0.569. The van der Waals surface area contributed by atoms with E-state index >= 15 is 0 Å². The monoisotopic (exact) mass is 285 g/mol. The fourth-order valence-electron chi connectivity index (χ4n) is 1.86. The van der Waals surface area contributed by atoms with Crippen molar-refractivity contribution in [2.24, 2.45) is 0 Å². The quantitative estimate of drug-likeness (QED) is 0.833. The van der Waals surface area contributed by atoms with Crippen LogP contribution in [0.4, 0.5) is 0 Å². The molecule has 4 nitrogen and oxygen atoms in total. The van der Waals surface area contributed by atoms with Gasteiger partial charge in [-0.2, -0.15) is 4.31 Å². The van der Waals surface area contributed by atoms with E-state index in [1.54, 1.807) is 13.8 Å². The van der Waals surface area contributed by atoms with E-state index in [0.29, 0.717) is 13.0 Å². The molecule has 1 rings (SSSR count). The van der Waals surface area contributed by atoms with Crippen molar-refractivity contribution >= 4 is 10.0 Å². The average Bonchev–Trinajstić information content (AvgIpc) is 2.27. The van der Waals surface area contributed by atoms with Gasteiger partial charge in [-0.15, -0.1) is 0 Å². The van der Waals surface area contributed by atoms with Gasteiger partial charge in [0.2, 0.25) is 10.0 Å². The molecule has 0 atom stereocenters. The second-order valence-electron chi connectivity index (χ2n) is 5.38. The zero-order valence-electron chi connectivity index (χ0n) is 11.8. The van der Waals surface area contributed by atoms with Crippen LogP contribution in [0, 0.1) is 0 Å². The van der Waals surface area contributed by atoms with Crippen LogP contribution in [0.1, 0.15) is 32.8 Å². The summed E-state index contributed by atoms with van der Waals surface area (Å²) in [6, 6.07) is 9.43. The van der Waals surface area contributed by atoms with Gasteiger partial charge >= 0.3 is 0 Å². The van der Waals surface area contributed by atoms with Crippen LogP contribution >= 0.6 is 0 Å². The molecule has 0 aromatic heterocycles. The zero-order valence-corrected chi connectivity index (χ0v) is 12.7. The third-order valence-electron chi connectivity index (χ3n) is 2.62. The molecule has 19 heavy (non-hydrogen) atoms. The molecule has 0 aliphatic rings. The molecule has 0 unspecified atom stereocenters. The summed E-state index contributed by atoms with van der Waals surface area (Å²) in [5.41, 5.74) is -0.123. The molecule has 0 fully saturated rings. The van der Waals surface area contributed by atoms with Crippen molar-refractivity contribution in [2.45, 2.75) is 39.3 Å². The number of sulfonamides is 1. The Morgan fingerprint density at radius 2 is 1.79 bits per heavy atom. The van der Waals surface area contributed by atoms with Crippen LogP contribution in [0.3, 0.4) is 0 Å². The predicted molar refractivity (Wildman–Crippen MR) is 77.2 cm³/mol. The predicted octanol–water partition coefficient (Wildman–Crippen LogP) is 2.00. The number of hydrogen-bond donors (Lipinski definition) is 1. The molecule has 0 radical (unpaired) electrons. The highest BCUT2D eigenvalue weighted by Gasteiger charge is 2.27. The largest absolute Gasteiger partial charge is 0.389 e. The first-order valence-corrected chi connectivity index (χ1v) is 8.09. The molecule has 0 heterocycles. The molecule has 1 N–H and O–H groups in total. The van der Waals surface area contributed by atoms with Crippen LogP contribution in [0.15, 0.2) is 30.3 Å². The first kappa shape index (κ1) is 16.1. The highest BCUT2D eigenvalue weighted by atomic mass is 32.2. The zero-order chi connectivity index (χ0) is 14.5. The lowest BCUT2D eigenvalue weighted by atomic mass is 10.1. The number of rotatable bonds is 7. The van der Waals surface area contributed by atoms with Crippen molar-refractivity contribution in [3.63, 3.8) is 0 Å². The van der Waals surface area contributed by atoms with Crippen LogP contribution < -0.4 is 0 Å². The van der Waals surface area contributed by atoms with Gasteiger partial charge in [0.05, 0.1) is 11.4 Å². The van der Waals surface area contributed by atoms with Gasteiger partial charge in [-0.1, -0.05) is 37.3 Å². The summed E-state index contributed by atoms with van der Waals surface area (Å²) in [5.74, 6) is 0.107. The Labute approximate surface area is 116 Å². The summed E-state index contributed by atoms with van der Waals surface area (Å²) in [5, 5.41) is 9.89. The van der Waals surface area contributed by atoms with Gasteiger partial charge in [0.1, 0.15) is 0 Å². The van der Waals surface area contributed by atoms with E-state index in [2.05, 4.69) is 0 Å². The summed E-state index contributed by atoms with van der Waals surface area (Å²) < 4.78 is 25.8. The second-order valence-corrected chi connectivity index (χ2v) is 7.47. The number of nitrogens with zero attached hydrogens (tertiary/aromatic N) is 1. The Balaban J connectivity index is 2.93. The Bertz CT molecular complexity index is 477. The third kappa shape index (κ3) is 5.72. The lowest BCUT2D eigenvalue weighted by Gasteiger charge is -2.28. The smallest absolute Gasteiger partial charge is 0.214 e. The van der Waals surface area contributed by atoms with E-state index in [0.717, 1.165) is 5.56 Å². The molecule has 0 aliphatic heterocycles. The molecule has 0 bridgehead atoms. The first-order valence-electron chi connectivity index (χ1n) is 6.49. The minimum absolute atomic E-state index is 0.101. The molecule has 108 valence electrons. The number of aliphatic hydroxyl groups is 1. The van der Waals surface area contributed by atoms with Gasteiger partial charge in [0, 0.05) is 13.1 Å². The lowest BCUT2D eigenvalue weighted by molar-refractivity contribution is 0.0577. The molecule has 0 saturated carbocycles. The Hall–Kier alpha value is -0.910. The van der Waals surface area contributed by atoms with Gasteiger partial charge in [-0.05, 0) is 25.8 Å². The fourth-order valence-corrected chi connectivity index (χ4v) is 3.49. The molecular formula is C14H23NO3S. The van der Waals surface area contributed by atoms with Crippen molar-refractivity contribution in [3.8, 4) is 0 Å². The highest BCUT2D eigenvalue weighted by Crippen LogP contribution is 2.15. The first-order chi connectivity index (χ1) is 8.74. The minimum atomic E-state index is -3.33. The highest BCUT2D eigenvalue weighted by molar-refractivity contribution is 7.89. The molecule has 0 amide bonds. The molecule has 0 saturated heterocycles. The van der Waals surface area contributed by atoms with Crippen LogP contribution in [0.25, 0.3) is 0 Å². The van der Waals surface area contributed by atoms with Crippen molar-refractivity contribution < 1.29 is 13.5 Å². The third-order valence-corrected chi connectivity index (χ3v) is 4.59. The van der Waals surface area contributed by atoms with Gasteiger partial charge in [0.15, 0.2) is 0 Å². The molecule has 0 aliphatic carbocycles. The minimum Gasteiger partial charge on any atom is -0.389 e. The van der Waals surface area contributed by atoms with Crippen LogP contribution in [0.5, 0.6) is 0 Å². The van der Waals surface area contributed by atoms with E-state index in [9.17, 15) is 13.5 Å². The van der Waals surface area contributed by atoms with Gasteiger partial charge in [-0.3, -0.25) is 0 Å². The van der Waals surface area contributed by atoms with Crippen molar-refractivity contribution in [3.05, 3.63) is 35.9 Å². The maximum absolute atomic E-state index is 12.2. The van der Waals surface area contributed by atoms with E-state index < -0.39 is 15.6 Å². The van der Waals surface area contributed by atoms with Crippen molar-refractivity contribution in [1.29, 1.82) is 0 Å². The molecular weight excluding hydrogens is 262 g/mol. The van der Waals surface area contributed by atoms with Crippen molar-refractivity contribution in [1.82, 2.24) is 4.31 Å². The summed E-state index contributed by atoms with van der Waals surface area (Å²) in [4.78, 5) is 0. The van der Waals surface area contributed by atoms with Gasteiger partial charge in [-0.25, -0.2) is 8.42 Å². The van der Waals surface area contributed by atoms with Gasteiger partial charge < -0.3 is 5.11 Å². The van der Waals surface area contributed by atoms with E-state index in [4.69, 9.17) is 0 Å². The van der Waals surface area contributed by atoms with Crippen LogP contribution in [-0.2, 0) is 16.6 Å². The summed E-state index contributed by atoms with van der Waals surface area (Å²) >= 11 is 0. The maximum atomic E-state index is 12.2. The number of benzene rings is 1. The van der Waals surface area contributed by atoms with Crippen LogP contribution in [-0.4, -0.2) is 35.7 Å². The fraction of sp³-hybridized carbons (Fsp3) is 0.571. The van der Waals surface area contributed by atoms with E-state index in [1.165, 1.54) is 4.31 Å². The topological polar surface area (TPSA) is 57.6 Å². The van der Waals surface area contributed by atoms with E-state index in [1.807, 2.05) is 37.3 Å². The van der Waals surface area contributed by atoms with E-state index in [-0.39, 0.29) is 12.3 Å². The Morgan fingerprint density at radius 3 is 2.26 bits per heavy atom. The average molecular weight is 285 g/mol. The number of hydrogen-bond acceptors (Lipinski definition) is 3. The molecule has 1 aromatic rings. The summed E-state index contributed by atoms with van der Waals surface area (Å²) in [7, 11) is -3.33. The van der Waals surface area contributed by atoms with Gasteiger partial charge in [0.25, 0.3) is 0 Å². The Morgan fingerprint density at radius 1 is 1.21 bits per heavy atom. The lowest BCUT2D eigenvalue weighted by Crippen LogP contribution is -2.42. The molecule has 1 aromatic carbocycles.